The van der Waals surface area contributed by atoms with Gasteiger partial charge >= 0.3 is 5.97 Å². The van der Waals surface area contributed by atoms with Crippen molar-refractivity contribution in [3.05, 3.63) is 34.9 Å². The standard InChI is InChI=1S/C24H32N8O3/c1-14(2)32(15(3)4)24-28-18-13-26-30-23(35)21(18)22(29-24)27-17-5-6-19(25-12-17)31-9-7-16(8-10-31)11-20(33)34/h5-6,12-16H,7-11H2,1-4H3,(H,30,35)(H,33,34)(H,27,28,29). The number of rotatable bonds is 8. The van der Waals surface area contributed by atoms with Crippen LogP contribution >= 0.6 is 0 Å². The molecule has 0 spiro atoms. The Kier molecular flexibility index (Phi) is 7.13. The summed E-state index contributed by atoms with van der Waals surface area (Å²) in [5.41, 5.74) is 0.782. The second-order valence-electron chi connectivity index (χ2n) is 9.48. The molecule has 1 fully saturated rings. The minimum Gasteiger partial charge on any atom is -0.481 e. The van der Waals surface area contributed by atoms with Crippen molar-refractivity contribution in [1.29, 1.82) is 0 Å². The molecule has 3 N–H and O–H groups in total. The van der Waals surface area contributed by atoms with E-state index in [4.69, 9.17) is 10.1 Å². The summed E-state index contributed by atoms with van der Waals surface area (Å²) in [6.45, 7) is 9.85. The van der Waals surface area contributed by atoms with Gasteiger partial charge in [0.1, 0.15) is 22.5 Å². The second-order valence-corrected chi connectivity index (χ2v) is 9.48. The molecule has 3 aromatic rings. The van der Waals surface area contributed by atoms with Crippen LogP contribution in [0.3, 0.4) is 0 Å². The number of aliphatic carboxylic acids is 1. The Morgan fingerprint density at radius 3 is 2.49 bits per heavy atom. The maximum Gasteiger partial charge on any atom is 0.303 e. The number of pyridine rings is 1. The number of piperidine rings is 1. The Morgan fingerprint density at radius 2 is 1.89 bits per heavy atom. The molecule has 1 aliphatic heterocycles. The Labute approximate surface area is 203 Å². The summed E-state index contributed by atoms with van der Waals surface area (Å²) in [6, 6.07) is 4.15. The zero-order valence-corrected chi connectivity index (χ0v) is 20.5. The fourth-order valence-electron chi connectivity index (χ4n) is 4.65. The van der Waals surface area contributed by atoms with Crippen molar-refractivity contribution in [3.63, 3.8) is 0 Å². The lowest BCUT2D eigenvalue weighted by Crippen LogP contribution is -2.38. The van der Waals surface area contributed by atoms with Gasteiger partial charge in [0.15, 0.2) is 0 Å². The predicted molar refractivity (Wildman–Crippen MR) is 135 cm³/mol. The van der Waals surface area contributed by atoms with E-state index in [1.165, 1.54) is 6.20 Å². The van der Waals surface area contributed by atoms with Crippen LogP contribution in [0.15, 0.2) is 29.3 Å². The van der Waals surface area contributed by atoms with Gasteiger partial charge in [0, 0.05) is 31.6 Å². The Balaban J connectivity index is 1.58. The maximum absolute atomic E-state index is 12.6. The molecular formula is C24H32N8O3. The van der Waals surface area contributed by atoms with E-state index in [9.17, 15) is 9.59 Å². The molecule has 0 saturated carbocycles. The van der Waals surface area contributed by atoms with Crippen LogP contribution in [-0.4, -0.2) is 61.4 Å². The molecule has 4 heterocycles. The summed E-state index contributed by atoms with van der Waals surface area (Å²) in [4.78, 5) is 41.7. The largest absolute Gasteiger partial charge is 0.481 e. The highest BCUT2D eigenvalue weighted by atomic mass is 16.4. The lowest BCUT2D eigenvalue weighted by Gasteiger charge is -2.32. The van der Waals surface area contributed by atoms with Crippen molar-refractivity contribution in [2.45, 2.75) is 59.0 Å². The third-order valence-corrected chi connectivity index (χ3v) is 6.26. The highest BCUT2D eigenvalue weighted by molar-refractivity contribution is 5.90. The van der Waals surface area contributed by atoms with Crippen molar-refractivity contribution in [2.24, 2.45) is 5.92 Å². The Bertz CT molecular complexity index is 1230. The highest BCUT2D eigenvalue weighted by Crippen LogP contribution is 2.27. The van der Waals surface area contributed by atoms with Crippen LogP contribution in [0.25, 0.3) is 10.9 Å². The summed E-state index contributed by atoms with van der Waals surface area (Å²) in [5, 5.41) is 19.0. The first-order valence-electron chi connectivity index (χ1n) is 12.0. The number of carboxylic acids is 1. The van der Waals surface area contributed by atoms with Crippen molar-refractivity contribution >= 4 is 40.1 Å². The van der Waals surface area contributed by atoms with Crippen LogP contribution in [0.1, 0.15) is 47.0 Å². The number of nitrogens with one attached hydrogen (secondary N) is 2. The first-order chi connectivity index (χ1) is 16.7. The molecule has 1 saturated heterocycles. The second kappa shape index (κ2) is 10.2. The smallest absolute Gasteiger partial charge is 0.303 e. The topological polar surface area (TPSA) is 140 Å². The van der Waals surface area contributed by atoms with E-state index in [0.717, 1.165) is 31.7 Å². The zero-order chi connectivity index (χ0) is 25.1. The van der Waals surface area contributed by atoms with Crippen LogP contribution in [0, 0.1) is 5.92 Å². The summed E-state index contributed by atoms with van der Waals surface area (Å²) in [6.07, 6.45) is 5.13. The molecule has 11 heteroatoms. The number of aromatic amines is 1. The number of carbonyl (C=O) groups is 1. The number of hydrogen-bond acceptors (Lipinski definition) is 9. The van der Waals surface area contributed by atoms with Crippen LogP contribution in [-0.2, 0) is 4.79 Å². The molecule has 0 unspecified atom stereocenters. The lowest BCUT2D eigenvalue weighted by atomic mass is 9.94. The number of anilines is 4. The van der Waals surface area contributed by atoms with E-state index in [2.05, 4.69) is 63.0 Å². The van der Waals surface area contributed by atoms with Gasteiger partial charge in [-0.25, -0.2) is 15.1 Å². The fourth-order valence-corrected chi connectivity index (χ4v) is 4.65. The van der Waals surface area contributed by atoms with Gasteiger partial charge in [-0.1, -0.05) is 0 Å². The van der Waals surface area contributed by atoms with Gasteiger partial charge in [-0.2, -0.15) is 10.1 Å². The van der Waals surface area contributed by atoms with E-state index >= 15 is 0 Å². The van der Waals surface area contributed by atoms with Gasteiger partial charge in [0.2, 0.25) is 5.95 Å². The Morgan fingerprint density at radius 1 is 1.17 bits per heavy atom. The molecule has 0 aliphatic carbocycles. The van der Waals surface area contributed by atoms with Crippen LogP contribution in [0.4, 0.5) is 23.3 Å². The molecule has 0 aromatic carbocycles. The van der Waals surface area contributed by atoms with Crippen molar-refractivity contribution in [2.75, 3.05) is 28.2 Å². The average Bonchev–Trinajstić information content (AvgIpc) is 2.79. The highest BCUT2D eigenvalue weighted by Gasteiger charge is 2.23. The molecule has 186 valence electrons. The third kappa shape index (κ3) is 5.50. The van der Waals surface area contributed by atoms with Crippen LogP contribution in [0.2, 0.25) is 0 Å². The number of nitrogens with zero attached hydrogens (tertiary/aromatic N) is 6. The maximum atomic E-state index is 12.6. The van der Waals surface area contributed by atoms with Crippen LogP contribution in [0.5, 0.6) is 0 Å². The van der Waals surface area contributed by atoms with Crippen molar-refractivity contribution < 1.29 is 9.90 Å². The minimum atomic E-state index is -0.739. The molecule has 11 nitrogen and oxygen atoms in total. The minimum absolute atomic E-state index is 0.163. The SMILES string of the molecule is CC(C)N(c1nc(Nc2ccc(N3CCC(CC(=O)O)CC3)nc2)c2c(=O)[nH]ncc2n1)C(C)C. The first kappa shape index (κ1) is 24.4. The Hall–Kier alpha value is -3.76. The first-order valence-corrected chi connectivity index (χ1v) is 12.0. The molecule has 35 heavy (non-hydrogen) atoms. The van der Waals surface area contributed by atoms with Gasteiger partial charge in [-0.3, -0.25) is 9.59 Å². The molecule has 4 rings (SSSR count). The van der Waals surface area contributed by atoms with E-state index in [1.54, 1.807) is 6.20 Å². The van der Waals surface area contributed by atoms with Crippen LogP contribution < -0.4 is 20.7 Å². The summed E-state index contributed by atoms with van der Waals surface area (Å²) in [5.74, 6) is 1.23. The molecule has 0 atom stereocenters. The third-order valence-electron chi connectivity index (χ3n) is 6.26. The number of H-pyrrole nitrogens is 1. The summed E-state index contributed by atoms with van der Waals surface area (Å²) >= 11 is 0. The molecule has 1 aliphatic rings. The monoisotopic (exact) mass is 480 g/mol. The molecule has 0 amide bonds. The number of hydrogen-bond donors (Lipinski definition) is 3. The normalized spacial score (nSPS) is 14.6. The molecular weight excluding hydrogens is 448 g/mol. The quantitative estimate of drug-likeness (QED) is 0.440. The van der Waals surface area contributed by atoms with Gasteiger partial charge < -0.3 is 20.2 Å². The number of aromatic nitrogens is 5. The van der Waals surface area contributed by atoms with Gasteiger partial charge in [-0.15, -0.1) is 0 Å². The average molecular weight is 481 g/mol. The summed E-state index contributed by atoms with van der Waals surface area (Å²) in [7, 11) is 0. The van der Waals surface area contributed by atoms with E-state index in [0.29, 0.717) is 28.4 Å². The van der Waals surface area contributed by atoms with E-state index < -0.39 is 5.97 Å². The fraction of sp³-hybridized carbons (Fsp3) is 0.500. The molecule has 0 radical (unpaired) electrons. The van der Waals surface area contributed by atoms with E-state index in [1.807, 2.05) is 12.1 Å². The van der Waals surface area contributed by atoms with Gasteiger partial charge in [0.25, 0.3) is 5.56 Å². The zero-order valence-electron chi connectivity index (χ0n) is 20.5. The number of carboxylic acid groups (broad SMARTS) is 1. The summed E-state index contributed by atoms with van der Waals surface area (Å²) < 4.78 is 0. The molecule has 3 aromatic heterocycles. The molecule has 0 bridgehead atoms. The number of fused-ring (bicyclic) bond motifs is 1. The van der Waals surface area contributed by atoms with Crippen molar-refractivity contribution in [1.82, 2.24) is 25.1 Å². The van der Waals surface area contributed by atoms with E-state index in [-0.39, 0.29) is 30.0 Å². The predicted octanol–water partition coefficient (Wildman–Crippen LogP) is 3.17. The van der Waals surface area contributed by atoms with Crippen molar-refractivity contribution in [3.8, 4) is 0 Å². The lowest BCUT2D eigenvalue weighted by molar-refractivity contribution is -0.138. The van der Waals surface area contributed by atoms with Gasteiger partial charge in [-0.05, 0) is 58.6 Å². The van der Waals surface area contributed by atoms with Gasteiger partial charge in [0.05, 0.1) is 18.1 Å².